The molecule has 0 radical (unpaired) electrons. The van der Waals surface area contributed by atoms with Gasteiger partial charge in [-0.3, -0.25) is 4.79 Å². The zero-order valence-corrected chi connectivity index (χ0v) is 9.49. The molecule has 0 atom stereocenters. The zero-order valence-electron chi connectivity index (χ0n) is 8.67. The summed E-state index contributed by atoms with van der Waals surface area (Å²) in [7, 11) is -0.591. The molecule has 6 heteroatoms. The van der Waals surface area contributed by atoms with E-state index < -0.39 is 10.0 Å². The monoisotopic (exact) mass is 230 g/mol. The van der Waals surface area contributed by atoms with Crippen LogP contribution >= 0.6 is 0 Å². The van der Waals surface area contributed by atoms with Gasteiger partial charge in [-0.1, -0.05) is 12.7 Å². The van der Waals surface area contributed by atoms with Gasteiger partial charge in [-0.25, -0.2) is 13.6 Å². The molecule has 84 valence electrons. The Kier molecular flexibility index (Phi) is 4.96. The average Bonchev–Trinajstić information content (AvgIpc) is 2.09. The number of sulfonamides is 1. The third-order valence-corrected chi connectivity index (χ3v) is 2.43. The van der Waals surface area contributed by atoms with Crippen LogP contribution in [0.4, 0.5) is 0 Å². The van der Waals surface area contributed by atoms with Crippen molar-refractivity contribution in [2.24, 2.45) is 5.14 Å². The molecule has 0 aromatic heterocycles. The average molecular weight is 230 g/mol. The fourth-order valence-electron chi connectivity index (χ4n) is 0.653. The molecule has 0 aromatic carbocycles. The van der Waals surface area contributed by atoms with E-state index in [0.29, 0.717) is 0 Å². The van der Waals surface area contributed by atoms with E-state index >= 15 is 0 Å². The van der Waals surface area contributed by atoms with Gasteiger partial charge in [-0.15, -0.1) is 0 Å². The van der Waals surface area contributed by atoms with Gasteiger partial charge in [0, 0.05) is 20.2 Å². The number of hydrogen-bond acceptors (Lipinski definition) is 3. The summed E-state index contributed by atoms with van der Waals surface area (Å²) < 4.78 is 21.8. The summed E-state index contributed by atoms with van der Waals surface area (Å²) in [5.41, 5.74) is 0. The Morgan fingerprint density at radius 3 is 2.27 bits per heavy atom. The summed E-state index contributed by atoms with van der Waals surface area (Å²) in [6, 6.07) is 0. The Morgan fingerprint density at radius 2 is 1.93 bits per heavy atom. The van der Waals surface area contributed by atoms with Crippen molar-refractivity contribution in [3.05, 3.63) is 35.8 Å². The first-order valence-electron chi connectivity index (χ1n) is 4.04. The molecule has 2 N–H and O–H groups in total. The van der Waals surface area contributed by atoms with Gasteiger partial charge in [0.15, 0.2) is 0 Å². The fourth-order valence-corrected chi connectivity index (χ4v) is 1.15. The highest BCUT2D eigenvalue weighted by Gasteiger charge is 2.05. The van der Waals surface area contributed by atoms with E-state index in [-0.39, 0.29) is 10.8 Å². The predicted octanol–water partition coefficient (Wildman–Crippen LogP) is -0.0108. The number of hydrogen-bond donors (Lipinski definition) is 1. The van der Waals surface area contributed by atoms with E-state index in [9.17, 15) is 13.2 Å². The number of rotatable bonds is 4. The largest absolute Gasteiger partial charge is 0.345 e. The number of amides is 1. The molecule has 0 aliphatic rings. The van der Waals surface area contributed by atoms with Crippen molar-refractivity contribution in [2.45, 2.75) is 0 Å². The molecular weight excluding hydrogens is 216 g/mol. The Balaban J connectivity index is 4.79. The van der Waals surface area contributed by atoms with Crippen molar-refractivity contribution < 1.29 is 13.2 Å². The second-order valence-electron chi connectivity index (χ2n) is 2.91. The third-order valence-electron chi connectivity index (χ3n) is 1.47. The van der Waals surface area contributed by atoms with Crippen LogP contribution < -0.4 is 5.14 Å². The first-order chi connectivity index (χ1) is 6.79. The first kappa shape index (κ1) is 13.6. The number of carbonyl (C=O) groups is 1. The number of likely N-dealkylation sites (N-methyl/N-ethyl adjacent to an activating group) is 1. The third kappa shape index (κ3) is 5.14. The maximum absolute atomic E-state index is 11.1. The molecule has 0 spiro atoms. The van der Waals surface area contributed by atoms with Crippen LogP contribution in [0.15, 0.2) is 35.8 Å². The lowest BCUT2D eigenvalue weighted by atomic mass is 10.4. The maximum Gasteiger partial charge on any atom is 0.246 e. The minimum absolute atomic E-state index is 0.134. The van der Waals surface area contributed by atoms with Crippen LogP contribution in [0.25, 0.3) is 0 Å². The topological polar surface area (TPSA) is 80.5 Å². The van der Waals surface area contributed by atoms with E-state index in [1.807, 2.05) is 0 Å². The lowest BCUT2D eigenvalue weighted by Gasteiger charge is -2.04. The van der Waals surface area contributed by atoms with Crippen molar-refractivity contribution in [2.75, 3.05) is 14.1 Å². The van der Waals surface area contributed by atoms with Crippen molar-refractivity contribution in [1.29, 1.82) is 0 Å². The molecule has 0 fully saturated rings. The summed E-state index contributed by atoms with van der Waals surface area (Å²) in [6.45, 7) is 3.30. The molecule has 0 aliphatic carbocycles. The van der Waals surface area contributed by atoms with Crippen molar-refractivity contribution in [1.82, 2.24) is 4.90 Å². The minimum atomic E-state index is -3.77. The quantitative estimate of drug-likeness (QED) is 0.545. The molecule has 1 amide bonds. The fraction of sp³-hybridized carbons (Fsp3) is 0.222. The van der Waals surface area contributed by atoms with Gasteiger partial charge in [0.05, 0.1) is 4.91 Å². The molecule has 0 aliphatic heterocycles. The number of allylic oxidation sites excluding steroid dienone is 3. The Hall–Kier alpha value is -1.40. The van der Waals surface area contributed by atoms with E-state index in [4.69, 9.17) is 5.14 Å². The normalized spacial score (nSPS) is 12.9. The van der Waals surface area contributed by atoms with Crippen LogP contribution in [-0.4, -0.2) is 33.3 Å². The highest BCUT2D eigenvalue weighted by molar-refractivity contribution is 7.93. The van der Waals surface area contributed by atoms with Crippen LogP contribution in [-0.2, 0) is 14.8 Å². The molecule has 0 saturated heterocycles. The van der Waals surface area contributed by atoms with Gasteiger partial charge in [-0.05, 0) is 12.2 Å². The Bertz CT molecular complexity index is 405. The smallest absolute Gasteiger partial charge is 0.246 e. The summed E-state index contributed by atoms with van der Waals surface area (Å²) in [6.07, 6.45) is 4.86. The van der Waals surface area contributed by atoms with E-state index in [0.717, 1.165) is 6.08 Å². The van der Waals surface area contributed by atoms with Crippen molar-refractivity contribution in [3.8, 4) is 0 Å². The van der Waals surface area contributed by atoms with E-state index in [1.54, 1.807) is 14.1 Å². The lowest BCUT2D eigenvalue weighted by molar-refractivity contribution is -0.123. The van der Waals surface area contributed by atoms with E-state index in [1.165, 1.54) is 23.1 Å². The van der Waals surface area contributed by atoms with Crippen LogP contribution in [0.2, 0.25) is 0 Å². The summed E-state index contributed by atoms with van der Waals surface area (Å²) in [4.78, 5) is 12.3. The summed E-state index contributed by atoms with van der Waals surface area (Å²) >= 11 is 0. The molecule has 0 unspecified atom stereocenters. The van der Waals surface area contributed by atoms with Crippen LogP contribution in [0.1, 0.15) is 0 Å². The number of primary sulfonamides is 1. The highest BCUT2D eigenvalue weighted by Crippen LogP contribution is 2.02. The Morgan fingerprint density at radius 1 is 1.40 bits per heavy atom. The molecular formula is C9H14N2O3S. The van der Waals surface area contributed by atoms with Crippen LogP contribution in [0.3, 0.4) is 0 Å². The van der Waals surface area contributed by atoms with Gasteiger partial charge in [0.25, 0.3) is 0 Å². The highest BCUT2D eigenvalue weighted by atomic mass is 32.2. The molecule has 0 aromatic rings. The second-order valence-corrected chi connectivity index (χ2v) is 4.47. The van der Waals surface area contributed by atoms with Gasteiger partial charge >= 0.3 is 0 Å². The lowest BCUT2D eigenvalue weighted by Crippen LogP contribution is -2.18. The minimum Gasteiger partial charge on any atom is -0.345 e. The summed E-state index contributed by atoms with van der Waals surface area (Å²) in [5.74, 6) is -0.246. The predicted molar refractivity (Wildman–Crippen MR) is 59.2 cm³/mol. The summed E-state index contributed by atoms with van der Waals surface area (Å²) in [5, 5.41) is 4.87. The van der Waals surface area contributed by atoms with Crippen LogP contribution in [0.5, 0.6) is 0 Å². The number of nitrogens with two attached hydrogens (primary N) is 1. The number of carbonyl (C=O) groups excluding carboxylic acids is 1. The second kappa shape index (κ2) is 5.47. The Labute approximate surface area is 89.6 Å². The molecule has 5 nitrogen and oxygen atoms in total. The first-order valence-corrected chi connectivity index (χ1v) is 5.58. The van der Waals surface area contributed by atoms with E-state index in [2.05, 4.69) is 6.58 Å². The van der Waals surface area contributed by atoms with Crippen molar-refractivity contribution in [3.63, 3.8) is 0 Å². The van der Waals surface area contributed by atoms with Crippen LogP contribution in [0, 0.1) is 0 Å². The molecule has 0 bridgehead atoms. The molecule has 15 heavy (non-hydrogen) atoms. The van der Waals surface area contributed by atoms with Gasteiger partial charge in [0.2, 0.25) is 15.9 Å². The standard InChI is InChI=1S/C9H14N2O3S/c1-4-8(15(10,13)14)6-5-7-9(12)11(2)3/h4-7H,1H2,2-3H3,(H2,10,13,14). The zero-order chi connectivity index (χ0) is 12.1. The molecule has 0 saturated carbocycles. The maximum atomic E-state index is 11.1. The SMILES string of the molecule is C=CC(=CC=CC(=O)N(C)C)S(N)(=O)=O. The number of nitrogens with zero attached hydrogens (tertiary/aromatic N) is 1. The van der Waals surface area contributed by atoms with Gasteiger partial charge in [0.1, 0.15) is 0 Å². The van der Waals surface area contributed by atoms with Gasteiger partial charge < -0.3 is 4.90 Å². The molecule has 0 rings (SSSR count). The molecule has 0 heterocycles. The van der Waals surface area contributed by atoms with Gasteiger partial charge in [-0.2, -0.15) is 0 Å². The van der Waals surface area contributed by atoms with Crippen molar-refractivity contribution >= 4 is 15.9 Å².